The van der Waals surface area contributed by atoms with Gasteiger partial charge >= 0.3 is 0 Å². The smallest absolute Gasteiger partial charge is 0.193 e. The second-order valence-electron chi connectivity index (χ2n) is 7.92. The van der Waals surface area contributed by atoms with Gasteiger partial charge in [-0.2, -0.15) is 0 Å². The summed E-state index contributed by atoms with van der Waals surface area (Å²) in [6.45, 7) is 9.66. The highest BCUT2D eigenvalue weighted by Crippen LogP contribution is 2.45. The highest BCUT2D eigenvalue weighted by Gasteiger charge is 2.41. The molecule has 3 rings (SSSR count). The summed E-state index contributed by atoms with van der Waals surface area (Å²) in [4.78, 5) is 9.66. The third kappa shape index (κ3) is 3.76. The average molecular weight is 306 g/mol. The Morgan fingerprint density at radius 2 is 1.82 bits per heavy atom. The first-order valence-electron chi connectivity index (χ1n) is 9.39. The van der Waals surface area contributed by atoms with Crippen molar-refractivity contribution in [2.24, 2.45) is 16.3 Å². The van der Waals surface area contributed by atoms with Crippen molar-refractivity contribution >= 4 is 5.96 Å². The van der Waals surface area contributed by atoms with Gasteiger partial charge in [-0.25, -0.2) is 0 Å². The molecule has 2 heterocycles. The zero-order chi connectivity index (χ0) is 15.4. The monoisotopic (exact) mass is 306 g/mol. The number of aliphatic imine (C=N–C) groups is 1. The van der Waals surface area contributed by atoms with E-state index in [1.165, 1.54) is 77.7 Å². The van der Waals surface area contributed by atoms with E-state index in [1.807, 2.05) is 7.05 Å². The second kappa shape index (κ2) is 7.20. The molecule has 1 N–H and O–H groups in total. The van der Waals surface area contributed by atoms with Crippen molar-refractivity contribution in [1.82, 2.24) is 15.1 Å². The van der Waals surface area contributed by atoms with Gasteiger partial charge in [0, 0.05) is 33.2 Å². The third-order valence-electron chi connectivity index (χ3n) is 5.99. The van der Waals surface area contributed by atoms with Crippen LogP contribution in [0.2, 0.25) is 0 Å². The summed E-state index contributed by atoms with van der Waals surface area (Å²) in [7, 11) is 1.94. The van der Waals surface area contributed by atoms with E-state index in [1.54, 1.807) is 0 Å². The molecule has 2 saturated heterocycles. The Morgan fingerprint density at radius 3 is 2.50 bits per heavy atom. The minimum Gasteiger partial charge on any atom is -0.356 e. The minimum atomic E-state index is 0.624. The summed E-state index contributed by atoms with van der Waals surface area (Å²) < 4.78 is 0. The van der Waals surface area contributed by atoms with Crippen LogP contribution < -0.4 is 5.32 Å². The van der Waals surface area contributed by atoms with Gasteiger partial charge in [0.25, 0.3) is 0 Å². The fourth-order valence-electron chi connectivity index (χ4n) is 4.72. The van der Waals surface area contributed by atoms with Gasteiger partial charge < -0.3 is 15.1 Å². The number of nitrogens with zero attached hydrogens (tertiary/aromatic N) is 3. The predicted molar refractivity (Wildman–Crippen MR) is 93.3 cm³/mol. The van der Waals surface area contributed by atoms with Crippen LogP contribution in [0.15, 0.2) is 4.99 Å². The maximum absolute atomic E-state index is 4.55. The second-order valence-corrected chi connectivity index (χ2v) is 7.92. The van der Waals surface area contributed by atoms with Crippen LogP contribution >= 0.6 is 0 Å². The molecule has 22 heavy (non-hydrogen) atoms. The van der Waals surface area contributed by atoms with Gasteiger partial charge in [0.1, 0.15) is 0 Å². The Kier molecular flexibility index (Phi) is 5.27. The van der Waals surface area contributed by atoms with Crippen LogP contribution in [-0.2, 0) is 0 Å². The number of hydrogen-bond donors (Lipinski definition) is 1. The Bertz CT molecular complexity index is 381. The number of hydrogen-bond acceptors (Lipinski definition) is 2. The molecule has 0 bridgehead atoms. The topological polar surface area (TPSA) is 30.9 Å². The van der Waals surface area contributed by atoms with Crippen LogP contribution in [0.4, 0.5) is 0 Å². The van der Waals surface area contributed by atoms with E-state index in [2.05, 4.69) is 27.0 Å². The van der Waals surface area contributed by atoms with Gasteiger partial charge in [0.2, 0.25) is 0 Å². The molecular weight excluding hydrogens is 272 g/mol. The lowest BCUT2D eigenvalue weighted by Crippen LogP contribution is -2.43. The SMILES string of the molecule is CN=C(NCC(C)CN1CCCC1)N1CCC2(CCCC2)C1. The van der Waals surface area contributed by atoms with E-state index >= 15 is 0 Å². The van der Waals surface area contributed by atoms with Gasteiger partial charge in [-0.3, -0.25) is 4.99 Å². The van der Waals surface area contributed by atoms with E-state index in [0.717, 1.165) is 12.5 Å². The summed E-state index contributed by atoms with van der Waals surface area (Å²) in [6.07, 6.45) is 9.89. The lowest BCUT2D eigenvalue weighted by molar-refractivity contribution is 0.284. The molecule has 0 aromatic carbocycles. The summed E-state index contributed by atoms with van der Waals surface area (Å²) in [5.41, 5.74) is 0.624. The number of guanidine groups is 1. The van der Waals surface area contributed by atoms with Crippen molar-refractivity contribution in [3.8, 4) is 0 Å². The summed E-state index contributed by atoms with van der Waals surface area (Å²) in [6, 6.07) is 0. The largest absolute Gasteiger partial charge is 0.356 e. The van der Waals surface area contributed by atoms with Crippen LogP contribution in [0.25, 0.3) is 0 Å². The summed E-state index contributed by atoms with van der Waals surface area (Å²) in [5, 5.41) is 3.64. The van der Waals surface area contributed by atoms with Gasteiger partial charge in [-0.15, -0.1) is 0 Å². The van der Waals surface area contributed by atoms with Crippen LogP contribution in [0.3, 0.4) is 0 Å². The fourth-order valence-corrected chi connectivity index (χ4v) is 4.72. The summed E-state index contributed by atoms with van der Waals surface area (Å²) in [5.74, 6) is 1.83. The molecule has 1 atom stereocenters. The predicted octanol–water partition coefficient (Wildman–Crippen LogP) is 2.56. The average Bonchev–Trinajstić information content (AvgIpc) is 3.24. The molecule has 3 aliphatic rings. The molecule has 0 aromatic heterocycles. The standard InChI is InChI=1S/C18H34N4/c1-16(14-21-10-5-6-11-21)13-20-17(19-2)22-12-9-18(15-22)7-3-4-8-18/h16H,3-15H2,1-2H3,(H,19,20). The molecule has 2 aliphatic heterocycles. The molecule has 0 aromatic rings. The van der Waals surface area contributed by atoms with Crippen LogP contribution in [0.1, 0.15) is 51.9 Å². The lowest BCUT2D eigenvalue weighted by atomic mass is 9.86. The molecular formula is C18H34N4. The zero-order valence-electron chi connectivity index (χ0n) is 14.6. The Balaban J connectivity index is 1.44. The maximum Gasteiger partial charge on any atom is 0.193 e. The Morgan fingerprint density at radius 1 is 1.09 bits per heavy atom. The molecule has 1 spiro atoms. The van der Waals surface area contributed by atoms with Crippen LogP contribution in [0.5, 0.6) is 0 Å². The zero-order valence-corrected chi connectivity index (χ0v) is 14.6. The quantitative estimate of drug-likeness (QED) is 0.640. The third-order valence-corrected chi connectivity index (χ3v) is 5.99. The van der Waals surface area contributed by atoms with Gasteiger partial charge in [0.05, 0.1) is 0 Å². The van der Waals surface area contributed by atoms with Gasteiger partial charge in [0.15, 0.2) is 5.96 Å². The Hall–Kier alpha value is -0.770. The molecule has 4 heteroatoms. The minimum absolute atomic E-state index is 0.624. The number of likely N-dealkylation sites (tertiary alicyclic amines) is 2. The van der Waals surface area contributed by atoms with E-state index in [-0.39, 0.29) is 0 Å². The lowest BCUT2D eigenvalue weighted by Gasteiger charge is -2.27. The van der Waals surface area contributed by atoms with Crippen molar-refractivity contribution < 1.29 is 0 Å². The normalized spacial score (nSPS) is 27.0. The molecule has 0 amide bonds. The van der Waals surface area contributed by atoms with E-state index in [9.17, 15) is 0 Å². The number of nitrogens with one attached hydrogen (secondary N) is 1. The van der Waals surface area contributed by atoms with Crippen molar-refractivity contribution in [2.45, 2.75) is 51.9 Å². The van der Waals surface area contributed by atoms with Crippen molar-refractivity contribution in [1.29, 1.82) is 0 Å². The van der Waals surface area contributed by atoms with Crippen LogP contribution in [-0.4, -0.2) is 62.1 Å². The maximum atomic E-state index is 4.55. The fraction of sp³-hybridized carbons (Fsp3) is 0.944. The highest BCUT2D eigenvalue weighted by atomic mass is 15.3. The van der Waals surface area contributed by atoms with Crippen molar-refractivity contribution in [3.63, 3.8) is 0 Å². The first kappa shape index (κ1) is 16.1. The summed E-state index contributed by atoms with van der Waals surface area (Å²) >= 11 is 0. The Labute approximate surface area is 136 Å². The van der Waals surface area contributed by atoms with Crippen molar-refractivity contribution in [3.05, 3.63) is 0 Å². The van der Waals surface area contributed by atoms with Gasteiger partial charge in [-0.05, 0) is 56.5 Å². The first-order valence-corrected chi connectivity index (χ1v) is 9.39. The van der Waals surface area contributed by atoms with Gasteiger partial charge in [-0.1, -0.05) is 19.8 Å². The number of rotatable bonds is 4. The molecule has 1 aliphatic carbocycles. The van der Waals surface area contributed by atoms with E-state index in [0.29, 0.717) is 11.3 Å². The van der Waals surface area contributed by atoms with Crippen LogP contribution in [0, 0.1) is 11.3 Å². The van der Waals surface area contributed by atoms with E-state index in [4.69, 9.17) is 0 Å². The molecule has 4 nitrogen and oxygen atoms in total. The molecule has 126 valence electrons. The molecule has 3 fully saturated rings. The van der Waals surface area contributed by atoms with Crippen molar-refractivity contribution in [2.75, 3.05) is 46.3 Å². The van der Waals surface area contributed by atoms with E-state index < -0.39 is 0 Å². The first-order chi connectivity index (χ1) is 10.7. The molecule has 1 saturated carbocycles. The molecule has 1 unspecified atom stereocenters. The molecule has 0 radical (unpaired) electrons. The highest BCUT2D eigenvalue weighted by molar-refractivity contribution is 5.80.